The number of aliphatic hydroxyl groups excluding tert-OH is 1. The van der Waals surface area contributed by atoms with Crippen LogP contribution in [-0.4, -0.2) is 40.6 Å². The fourth-order valence-electron chi connectivity index (χ4n) is 14.6. The predicted octanol–water partition coefficient (Wildman–Crippen LogP) is 9.25. The van der Waals surface area contributed by atoms with Crippen molar-refractivity contribution in [3.8, 4) is 0 Å². The lowest BCUT2D eigenvalue weighted by Crippen LogP contribution is -2.53. The van der Waals surface area contributed by atoms with Crippen molar-refractivity contribution in [1.82, 2.24) is 0 Å². The van der Waals surface area contributed by atoms with Crippen molar-refractivity contribution < 1.29 is 29.0 Å². The topological polar surface area (TPSA) is 97.7 Å². The fourth-order valence-corrected chi connectivity index (χ4v) is 14.6. The third kappa shape index (κ3) is 6.31. The van der Waals surface area contributed by atoms with E-state index >= 15 is 0 Å². The summed E-state index contributed by atoms with van der Waals surface area (Å²) in [6.07, 6.45) is 18.4. The third-order valence-electron chi connectivity index (χ3n) is 17.2. The summed E-state index contributed by atoms with van der Waals surface area (Å²) in [5, 5.41) is 10.3. The number of hydrogen-bond donors (Lipinski definition) is 1. The van der Waals surface area contributed by atoms with E-state index in [2.05, 4.69) is 27.7 Å². The molecule has 0 amide bonds. The highest BCUT2D eigenvalue weighted by Gasteiger charge is 2.61. The molecule has 1 N–H and O–H groups in total. The van der Waals surface area contributed by atoms with Gasteiger partial charge in [-0.15, -0.1) is 0 Å². The van der Waals surface area contributed by atoms with Crippen LogP contribution in [0.1, 0.15) is 158 Å². The summed E-state index contributed by atoms with van der Waals surface area (Å²) in [5.41, 5.74) is 1.94. The van der Waals surface area contributed by atoms with Gasteiger partial charge in [-0.05, 0) is 168 Å². The summed E-state index contributed by atoms with van der Waals surface area (Å²) in [6, 6.07) is 0. The maximum absolute atomic E-state index is 12.9. The van der Waals surface area contributed by atoms with E-state index in [-0.39, 0.29) is 40.2 Å². The monoisotopic (exact) mass is 693 g/mol. The molecule has 0 saturated heterocycles. The first-order valence-corrected chi connectivity index (χ1v) is 20.6. The Morgan fingerprint density at radius 1 is 0.760 bits per heavy atom. The molecule has 7 aliphatic carbocycles. The van der Waals surface area contributed by atoms with Gasteiger partial charge in [0.2, 0.25) is 0 Å². The predicted molar refractivity (Wildman–Crippen MR) is 196 cm³/mol. The maximum Gasteiger partial charge on any atom is 0.302 e. The average molecular weight is 693 g/mol. The molecule has 0 radical (unpaired) electrons. The average Bonchev–Trinajstić information content (AvgIpc) is 3.59. The minimum absolute atomic E-state index is 0.0385. The Kier molecular flexibility index (Phi) is 10.5. The molecule has 280 valence electrons. The van der Waals surface area contributed by atoms with E-state index in [1.807, 2.05) is 19.9 Å². The van der Waals surface area contributed by atoms with E-state index < -0.39 is 0 Å². The van der Waals surface area contributed by atoms with Gasteiger partial charge in [0, 0.05) is 37.5 Å². The largest absolute Gasteiger partial charge is 0.463 e. The highest BCUT2D eigenvalue weighted by atomic mass is 16.5. The van der Waals surface area contributed by atoms with Gasteiger partial charge >= 0.3 is 5.97 Å². The number of Topliss-reactive ketones (excluding diaryl/α,β-unsaturated/α-hetero) is 2. The van der Waals surface area contributed by atoms with Gasteiger partial charge in [0.1, 0.15) is 17.7 Å². The maximum atomic E-state index is 12.9. The lowest BCUT2D eigenvalue weighted by molar-refractivity contribution is -0.156. The number of fused-ring (bicyclic) bond motifs is 8. The molecule has 0 aromatic carbocycles. The number of carbonyl (C=O) groups excluding carboxylic acids is 4. The zero-order valence-electron chi connectivity index (χ0n) is 32.7. The molecule has 0 aromatic heterocycles. The lowest BCUT2D eigenvalue weighted by Gasteiger charge is -2.58. The number of ether oxygens (including phenoxy) is 1. The van der Waals surface area contributed by atoms with Gasteiger partial charge < -0.3 is 14.6 Å². The summed E-state index contributed by atoms with van der Waals surface area (Å²) >= 11 is 0. The van der Waals surface area contributed by atoms with Crippen LogP contribution in [0.5, 0.6) is 0 Å². The van der Waals surface area contributed by atoms with Crippen LogP contribution in [0.15, 0.2) is 11.6 Å². The second-order valence-corrected chi connectivity index (χ2v) is 19.4. The molecule has 0 bridgehead atoms. The first-order valence-electron chi connectivity index (χ1n) is 20.6. The molecule has 7 rings (SSSR count). The Morgan fingerprint density at radius 3 is 1.96 bits per heavy atom. The van der Waals surface area contributed by atoms with Crippen molar-refractivity contribution >= 4 is 23.3 Å². The molecule has 6 fully saturated rings. The number of hydrogen-bond acceptors (Lipinski definition) is 6. The van der Waals surface area contributed by atoms with Crippen LogP contribution in [0.25, 0.3) is 0 Å². The van der Waals surface area contributed by atoms with Crippen molar-refractivity contribution in [2.45, 2.75) is 170 Å². The smallest absolute Gasteiger partial charge is 0.302 e. The van der Waals surface area contributed by atoms with Gasteiger partial charge in [-0.1, -0.05) is 33.3 Å². The third-order valence-corrected chi connectivity index (χ3v) is 17.2. The molecule has 6 saturated carbocycles. The molecule has 50 heavy (non-hydrogen) atoms. The minimum atomic E-state index is -0.338. The number of esters is 1. The Hall–Kier alpha value is -1.82. The zero-order valence-corrected chi connectivity index (χ0v) is 32.7. The van der Waals surface area contributed by atoms with Crippen molar-refractivity contribution in [1.29, 1.82) is 0 Å². The van der Waals surface area contributed by atoms with Crippen LogP contribution in [-0.2, 0) is 23.9 Å². The van der Waals surface area contributed by atoms with Crippen LogP contribution >= 0.6 is 0 Å². The van der Waals surface area contributed by atoms with E-state index in [4.69, 9.17) is 4.74 Å². The first kappa shape index (κ1) is 37.9. The van der Waals surface area contributed by atoms with Gasteiger partial charge in [0.15, 0.2) is 5.78 Å². The second-order valence-electron chi connectivity index (χ2n) is 19.4. The van der Waals surface area contributed by atoms with E-state index in [0.29, 0.717) is 65.8 Å². The second kappa shape index (κ2) is 13.9. The quantitative estimate of drug-likeness (QED) is 0.279. The van der Waals surface area contributed by atoms with Gasteiger partial charge in [-0.25, -0.2) is 0 Å². The van der Waals surface area contributed by atoms with Crippen molar-refractivity contribution in [3.63, 3.8) is 0 Å². The van der Waals surface area contributed by atoms with E-state index in [1.54, 1.807) is 6.92 Å². The molecule has 6 heteroatoms. The number of allylic oxidation sites excluding steroid dienone is 1. The lowest BCUT2D eigenvalue weighted by atomic mass is 9.46. The molecule has 0 aromatic rings. The molecule has 0 unspecified atom stereocenters. The number of ketones is 3. The molecule has 0 aliphatic heterocycles. The van der Waals surface area contributed by atoms with Crippen LogP contribution < -0.4 is 0 Å². The Labute approximate surface area is 302 Å². The van der Waals surface area contributed by atoms with Crippen LogP contribution in [0.3, 0.4) is 0 Å². The molecule has 6 nitrogen and oxygen atoms in total. The number of rotatable bonds is 6. The summed E-state index contributed by atoms with van der Waals surface area (Å²) in [7, 11) is 0. The van der Waals surface area contributed by atoms with Crippen molar-refractivity contribution in [2.24, 2.45) is 69.0 Å². The molecule has 14 atom stereocenters. The van der Waals surface area contributed by atoms with Crippen LogP contribution in [0.4, 0.5) is 0 Å². The highest BCUT2D eigenvalue weighted by Crippen LogP contribution is 2.68. The van der Waals surface area contributed by atoms with E-state index in [0.717, 1.165) is 62.7 Å². The Balaban J connectivity index is 0.000000175. The molecule has 0 spiro atoms. The number of carbonyl (C=O) groups is 4. The Bertz CT molecular complexity index is 1380. The van der Waals surface area contributed by atoms with Crippen molar-refractivity contribution in [2.75, 3.05) is 0 Å². The molecule has 7 aliphatic rings. The number of aliphatic hydroxyl groups is 1. The molecular weight excluding hydrogens is 624 g/mol. The standard InChI is InChI=1S/C23H36O4.C21H32O2/c1-14(24)10-12-23(5)20-11-13-22(4)18(15(2)27-16(3)25)7-8-19(22)17(20)6-9-21(23)26;1-13(22)17-6-7-18-16-5-4-14-12-15(23)8-10-20(14,2)19(16)9-11-21(17,18)3/h15,17-20H,6-13H2,1-5H3;12-13,16-19,22H,4-11H2,1-3H3/t15-,17-,18+,19-,20+,22+,23-;13-,16-,17+,18-,19+,20+,21+/m00/s1. The molecule has 0 heterocycles. The van der Waals surface area contributed by atoms with Gasteiger partial charge in [0.05, 0.1) is 6.10 Å². The normalized spacial score (nSPS) is 46.1. The van der Waals surface area contributed by atoms with E-state index in [1.165, 1.54) is 51.0 Å². The van der Waals surface area contributed by atoms with E-state index in [9.17, 15) is 24.3 Å². The SMILES string of the molecule is CC(=O)CC[C@]1(C)C(=O)CC[C@@H]2[C@H]1CC[C@]1(C)[C@@H]([C@H](C)OC(C)=O)CC[C@@H]21.C[C@H](O)[C@H]1CC[C@H]2[C@@H]3CCC4=CC(=O)CC[C@@]4(C)[C@@H]3CC[C@]12C. The molecular formula is C44H68O6. The highest BCUT2D eigenvalue weighted by molar-refractivity contribution is 5.91. The fraction of sp³-hybridized carbons (Fsp3) is 0.864. The Morgan fingerprint density at radius 2 is 1.34 bits per heavy atom. The van der Waals surface area contributed by atoms with Crippen LogP contribution in [0, 0.1) is 69.0 Å². The summed E-state index contributed by atoms with van der Waals surface area (Å²) in [5.74, 6) is 5.55. The van der Waals surface area contributed by atoms with Gasteiger partial charge in [-0.3, -0.25) is 14.4 Å². The zero-order chi connectivity index (χ0) is 36.4. The summed E-state index contributed by atoms with van der Waals surface area (Å²) in [4.78, 5) is 47.8. The first-order chi connectivity index (χ1) is 23.5. The van der Waals surface area contributed by atoms with Crippen molar-refractivity contribution in [3.05, 3.63) is 11.6 Å². The summed E-state index contributed by atoms with van der Waals surface area (Å²) in [6.45, 7) is 16.6. The van der Waals surface area contributed by atoms with Gasteiger partial charge in [-0.2, -0.15) is 0 Å². The summed E-state index contributed by atoms with van der Waals surface area (Å²) < 4.78 is 5.58. The van der Waals surface area contributed by atoms with Gasteiger partial charge in [0.25, 0.3) is 0 Å². The minimum Gasteiger partial charge on any atom is -0.463 e. The van der Waals surface area contributed by atoms with Crippen LogP contribution in [0.2, 0.25) is 0 Å².